The maximum Gasteiger partial charge on any atom is 0.145 e. The summed E-state index contributed by atoms with van der Waals surface area (Å²) in [4.78, 5) is 0. The minimum Gasteiger partial charge on any atom is -0.394 e. The van der Waals surface area contributed by atoms with Crippen LogP contribution in [0.25, 0.3) is 11.3 Å². The van der Waals surface area contributed by atoms with E-state index in [2.05, 4.69) is 5.10 Å². The predicted molar refractivity (Wildman–Crippen MR) is 62.2 cm³/mol. The Morgan fingerprint density at radius 2 is 1.87 bits per heavy atom. The summed E-state index contributed by atoms with van der Waals surface area (Å²) in [6.07, 6.45) is 0. The van der Waals surface area contributed by atoms with Crippen LogP contribution < -0.4 is 11.5 Å². The first-order chi connectivity index (χ1) is 7.24. The molecule has 0 saturated carbocycles. The van der Waals surface area contributed by atoms with Crippen molar-refractivity contribution < 1.29 is 0 Å². The molecule has 0 amide bonds. The van der Waals surface area contributed by atoms with Gasteiger partial charge in [-0.25, -0.2) is 4.68 Å². The van der Waals surface area contributed by atoms with Crippen LogP contribution in [0.5, 0.6) is 0 Å². The van der Waals surface area contributed by atoms with Gasteiger partial charge in [0.05, 0.1) is 0 Å². The minimum atomic E-state index is 0.538. The Kier molecular flexibility index (Phi) is 2.33. The third kappa shape index (κ3) is 1.54. The van der Waals surface area contributed by atoms with Gasteiger partial charge >= 0.3 is 0 Å². The molecule has 0 spiro atoms. The van der Waals surface area contributed by atoms with Gasteiger partial charge in [-0.05, 0) is 6.92 Å². The van der Waals surface area contributed by atoms with Gasteiger partial charge in [-0.15, -0.1) is 0 Å². The predicted octanol–water partition coefficient (Wildman–Crippen LogP) is 1.73. The highest BCUT2D eigenvalue weighted by Crippen LogP contribution is 2.28. The molecule has 1 heterocycles. The van der Waals surface area contributed by atoms with E-state index >= 15 is 0 Å². The van der Waals surface area contributed by atoms with Crippen molar-refractivity contribution in [2.45, 2.75) is 13.5 Å². The van der Waals surface area contributed by atoms with Crippen molar-refractivity contribution in [3.63, 3.8) is 0 Å². The zero-order chi connectivity index (χ0) is 10.8. The van der Waals surface area contributed by atoms with Crippen LogP contribution in [0.2, 0.25) is 0 Å². The highest BCUT2D eigenvalue weighted by Gasteiger charge is 2.12. The fourth-order valence-electron chi connectivity index (χ4n) is 1.54. The van der Waals surface area contributed by atoms with Crippen molar-refractivity contribution in [3.05, 3.63) is 30.3 Å². The number of hydrogen-bond donors (Lipinski definition) is 2. The molecular formula is C11H14N4. The van der Waals surface area contributed by atoms with Gasteiger partial charge in [0, 0.05) is 12.1 Å². The molecule has 1 aromatic heterocycles. The zero-order valence-electron chi connectivity index (χ0n) is 8.64. The Hall–Kier alpha value is -1.97. The fraction of sp³-hybridized carbons (Fsp3) is 0.182. The monoisotopic (exact) mass is 202 g/mol. The first-order valence-electron chi connectivity index (χ1n) is 4.91. The van der Waals surface area contributed by atoms with Crippen LogP contribution in [0, 0.1) is 0 Å². The van der Waals surface area contributed by atoms with Crippen molar-refractivity contribution in [2.24, 2.45) is 0 Å². The number of nitrogens with two attached hydrogens (primary N) is 2. The summed E-state index contributed by atoms with van der Waals surface area (Å²) in [6, 6.07) is 9.81. The smallest absolute Gasteiger partial charge is 0.145 e. The second kappa shape index (κ2) is 3.65. The van der Waals surface area contributed by atoms with Gasteiger partial charge in [-0.1, -0.05) is 30.3 Å². The summed E-state index contributed by atoms with van der Waals surface area (Å²) in [5.74, 6) is 0.538. The van der Waals surface area contributed by atoms with E-state index in [1.54, 1.807) is 4.68 Å². The van der Waals surface area contributed by atoms with E-state index in [9.17, 15) is 0 Å². The van der Waals surface area contributed by atoms with Gasteiger partial charge in [0.25, 0.3) is 0 Å². The molecule has 0 aliphatic rings. The normalized spacial score (nSPS) is 10.5. The van der Waals surface area contributed by atoms with Crippen molar-refractivity contribution in [2.75, 3.05) is 11.5 Å². The molecule has 0 atom stereocenters. The van der Waals surface area contributed by atoms with Crippen molar-refractivity contribution >= 4 is 11.5 Å². The molecular weight excluding hydrogens is 188 g/mol. The zero-order valence-corrected chi connectivity index (χ0v) is 8.64. The SMILES string of the molecule is CCn1nc(-c2ccccc2)c(N)c1N. The number of anilines is 2. The summed E-state index contributed by atoms with van der Waals surface area (Å²) in [6.45, 7) is 2.71. The molecule has 2 rings (SSSR count). The summed E-state index contributed by atoms with van der Waals surface area (Å²) in [7, 11) is 0. The fourth-order valence-corrected chi connectivity index (χ4v) is 1.54. The summed E-state index contributed by atoms with van der Waals surface area (Å²) in [5.41, 5.74) is 14.0. The lowest BCUT2D eigenvalue weighted by atomic mass is 10.1. The van der Waals surface area contributed by atoms with Crippen molar-refractivity contribution in [1.29, 1.82) is 0 Å². The van der Waals surface area contributed by atoms with Crippen molar-refractivity contribution in [1.82, 2.24) is 9.78 Å². The van der Waals surface area contributed by atoms with E-state index in [4.69, 9.17) is 11.5 Å². The standard InChI is InChI=1S/C11H14N4/c1-2-15-11(13)9(12)10(14-15)8-6-4-3-5-7-8/h3-7H,2,12-13H2,1H3. The lowest BCUT2D eigenvalue weighted by Crippen LogP contribution is -2.02. The van der Waals surface area contributed by atoms with E-state index in [0.29, 0.717) is 11.5 Å². The Balaban J connectivity index is 2.55. The van der Waals surface area contributed by atoms with E-state index in [1.807, 2.05) is 37.3 Å². The first kappa shape index (κ1) is 9.58. The Bertz CT molecular complexity index is 459. The minimum absolute atomic E-state index is 0.538. The first-order valence-corrected chi connectivity index (χ1v) is 4.91. The molecule has 0 radical (unpaired) electrons. The third-order valence-corrected chi connectivity index (χ3v) is 2.38. The van der Waals surface area contributed by atoms with E-state index in [-0.39, 0.29) is 0 Å². The van der Waals surface area contributed by atoms with Crippen LogP contribution in [-0.4, -0.2) is 9.78 Å². The molecule has 2 aromatic rings. The van der Waals surface area contributed by atoms with Gasteiger partial charge in [0.1, 0.15) is 17.2 Å². The van der Waals surface area contributed by atoms with E-state index in [1.165, 1.54) is 0 Å². The Morgan fingerprint density at radius 1 is 1.20 bits per heavy atom. The number of aromatic nitrogens is 2. The number of benzene rings is 1. The Labute approximate surface area is 88.5 Å². The number of rotatable bonds is 2. The van der Waals surface area contributed by atoms with E-state index in [0.717, 1.165) is 17.8 Å². The molecule has 4 heteroatoms. The molecule has 0 bridgehead atoms. The summed E-state index contributed by atoms with van der Waals surface area (Å²) >= 11 is 0. The topological polar surface area (TPSA) is 69.9 Å². The quantitative estimate of drug-likeness (QED) is 0.779. The average Bonchev–Trinajstić information content (AvgIpc) is 2.57. The van der Waals surface area contributed by atoms with Gasteiger partial charge in [-0.3, -0.25) is 0 Å². The molecule has 15 heavy (non-hydrogen) atoms. The lowest BCUT2D eigenvalue weighted by Gasteiger charge is -1.96. The number of nitrogens with zero attached hydrogens (tertiary/aromatic N) is 2. The van der Waals surface area contributed by atoms with Gasteiger partial charge < -0.3 is 11.5 Å². The summed E-state index contributed by atoms with van der Waals surface area (Å²) in [5, 5.41) is 4.36. The van der Waals surface area contributed by atoms with Crippen LogP contribution >= 0.6 is 0 Å². The number of aryl methyl sites for hydroxylation is 1. The largest absolute Gasteiger partial charge is 0.394 e. The average molecular weight is 202 g/mol. The molecule has 0 unspecified atom stereocenters. The molecule has 4 N–H and O–H groups in total. The highest BCUT2D eigenvalue weighted by atomic mass is 15.3. The van der Waals surface area contributed by atoms with Crippen LogP contribution in [0.3, 0.4) is 0 Å². The van der Waals surface area contributed by atoms with Gasteiger partial charge in [-0.2, -0.15) is 5.10 Å². The van der Waals surface area contributed by atoms with Crippen molar-refractivity contribution in [3.8, 4) is 11.3 Å². The molecule has 4 nitrogen and oxygen atoms in total. The molecule has 0 fully saturated rings. The van der Waals surface area contributed by atoms with Gasteiger partial charge in [0.2, 0.25) is 0 Å². The lowest BCUT2D eigenvalue weighted by molar-refractivity contribution is 0.672. The third-order valence-electron chi connectivity index (χ3n) is 2.38. The molecule has 0 aliphatic carbocycles. The van der Waals surface area contributed by atoms with Crippen LogP contribution in [-0.2, 0) is 6.54 Å². The van der Waals surface area contributed by atoms with Crippen LogP contribution in [0.4, 0.5) is 11.5 Å². The van der Waals surface area contributed by atoms with E-state index < -0.39 is 0 Å². The maximum absolute atomic E-state index is 5.90. The Morgan fingerprint density at radius 3 is 2.40 bits per heavy atom. The van der Waals surface area contributed by atoms with Crippen LogP contribution in [0.15, 0.2) is 30.3 Å². The number of nitrogen functional groups attached to an aromatic ring is 2. The van der Waals surface area contributed by atoms with Crippen LogP contribution in [0.1, 0.15) is 6.92 Å². The molecule has 78 valence electrons. The highest BCUT2D eigenvalue weighted by molar-refractivity contribution is 5.80. The maximum atomic E-state index is 5.90. The molecule has 1 aromatic carbocycles. The van der Waals surface area contributed by atoms with Gasteiger partial charge in [0.15, 0.2) is 0 Å². The molecule has 0 aliphatic heterocycles. The summed E-state index contributed by atoms with van der Waals surface area (Å²) < 4.78 is 1.71. The second-order valence-corrected chi connectivity index (χ2v) is 3.33. The second-order valence-electron chi connectivity index (χ2n) is 3.33. The molecule has 0 saturated heterocycles. The number of hydrogen-bond acceptors (Lipinski definition) is 3.